The summed E-state index contributed by atoms with van der Waals surface area (Å²) in [7, 11) is 0. The first-order chi connectivity index (χ1) is 5.61. The van der Waals surface area contributed by atoms with E-state index in [2.05, 4.69) is 0 Å². The summed E-state index contributed by atoms with van der Waals surface area (Å²) in [6, 6.07) is 0. The molecule has 1 heterocycles. The minimum absolute atomic E-state index is 0.0492. The van der Waals surface area contributed by atoms with Crippen molar-refractivity contribution in [1.29, 1.82) is 0 Å². The number of aliphatic carboxylic acids is 1. The maximum Gasteiger partial charge on any atom is 0.305 e. The van der Waals surface area contributed by atoms with Crippen LogP contribution in [0.3, 0.4) is 0 Å². The molecule has 1 fully saturated rings. The van der Waals surface area contributed by atoms with Gasteiger partial charge in [-0.2, -0.15) is 0 Å². The molecule has 66 valence electrons. The van der Waals surface area contributed by atoms with E-state index >= 15 is 0 Å². The Bertz CT molecular complexity index is 225. The molecule has 1 amide bonds. The van der Waals surface area contributed by atoms with Crippen LogP contribution >= 0.6 is 24.0 Å². The molecular weight excluding hydrogens is 198 g/mol. The lowest BCUT2D eigenvalue weighted by atomic mass is 10.4. The predicted molar refractivity (Wildman–Crippen MR) is 49.4 cm³/mol. The third kappa shape index (κ3) is 2.18. The number of thiocarbonyl (C=S) groups is 1. The van der Waals surface area contributed by atoms with Gasteiger partial charge in [-0.1, -0.05) is 24.0 Å². The van der Waals surface area contributed by atoms with E-state index < -0.39 is 5.97 Å². The fourth-order valence-corrected chi connectivity index (χ4v) is 1.97. The van der Waals surface area contributed by atoms with Crippen molar-refractivity contribution < 1.29 is 14.7 Å². The second kappa shape index (κ2) is 3.86. The van der Waals surface area contributed by atoms with Crippen molar-refractivity contribution in [3.8, 4) is 0 Å². The van der Waals surface area contributed by atoms with Crippen LogP contribution in [0.4, 0.5) is 4.79 Å². The maximum absolute atomic E-state index is 11.0. The van der Waals surface area contributed by atoms with Gasteiger partial charge in [0, 0.05) is 6.54 Å². The van der Waals surface area contributed by atoms with Crippen molar-refractivity contribution in [2.45, 2.75) is 6.42 Å². The number of amides is 1. The van der Waals surface area contributed by atoms with Crippen LogP contribution in [0.15, 0.2) is 0 Å². The molecule has 1 N–H and O–H groups in total. The molecule has 0 radical (unpaired) electrons. The Labute approximate surface area is 78.9 Å². The molecule has 0 aromatic heterocycles. The van der Waals surface area contributed by atoms with Gasteiger partial charge in [-0.15, -0.1) is 0 Å². The Morgan fingerprint density at radius 1 is 1.75 bits per heavy atom. The van der Waals surface area contributed by atoms with E-state index in [0.717, 1.165) is 11.8 Å². The second-order valence-electron chi connectivity index (χ2n) is 2.24. The number of thioether (sulfide) groups is 1. The van der Waals surface area contributed by atoms with Gasteiger partial charge in [-0.3, -0.25) is 14.5 Å². The van der Waals surface area contributed by atoms with Gasteiger partial charge >= 0.3 is 5.97 Å². The fraction of sp³-hybridized carbons (Fsp3) is 0.500. The summed E-state index contributed by atoms with van der Waals surface area (Å²) in [5.41, 5.74) is 0. The molecule has 1 rings (SSSR count). The molecule has 4 nitrogen and oxygen atoms in total. The average molecular weight is 205 g/mol. The molecule has 0 aromatic rings. The van der Waals surface area contributed by atoms with Crippen molar-refractivity contribution in [2.24, 2.45) is 0 Å². The first kappa shape index (κ1) is 9.47. The van der Waals surface area contributed by atoms with Gasteiger partial charge in [0.15, 0.2) is 0 Å². The number of hydrogen-bond acceptors (Lipinski definition) is 4. The van der Waals surface area contributed by atoms with E-state index in [9.17, 15) is 9.59 Å². The fourth-order valence-electron chi connectivity index (χ4n) is 0.805. The lowest BCUT2D eigenvalue weighted by molar-refractivity contribution is -0.137. The largest absolute Gasteiger partial charge is 0.481 e. The number of rotatable bonds is 3. The zero-order valence-electron chi connectivity index (χ0n) is 6.15. The van der Waals surface area contributed by atoms with Gasteiger partial charge in [0.25, 0.3) is 5.24 Å². The summed E-state index contributed by atoms with van der Waals surface area (Å²) in [4.78, 5) is 23.1. The normalized spacial score (nSPS) is 17.2. The molecule has 0 bridgehead atoms. The number of hydrogen-bond donors (Lipinski definition) is 1. The SMILES string of the molecule is O=C(O)CCN1C(=O)SCC1=S. The molecule has 0 aliphatic carbocycles. The molecule has 0 spiro atoms. The molecule has 0 atom stereocenters. The van der Waals surface area contributed by atoms with Crippen LogP contribution in [0, 0.1) is 0 Å². The van der Waals surface area contributed by atoms with Gasteiger partial charge in [0.2, 0.25) is 0 Å². The molecule has 1 aliphatic rings. The zero-order valence-corrected chi connectivity index (χ0v) is 7.78. The first-order valence-electron chi connectivity index (χ1n) is 3.30. The van der Waals surface area contributed by atoms with Gasteiger partial charge < -0.3 is 5.11 Å². The number of carboxylic acids is 1. The van der Waals surface area contributed by atoms with Crippen LogP contribution in [0.5, 0.6) is 0 Å². The van der Waals surface area contributed by atoms with Gasteiger partial charge in [-0.05, 0) is 0 Å². The number of carboxylic acid groups (broad SMARTS) is 1. The third-order valence-corrected chi connectivity index (χ3v) is 2.82. The Balaban J connectivity index is 2.45. The second-order valence-corrected chi connectivity index (χ2v) is 3.64. The predicted octanol–water partition coefficient (Wildman–Crippen LogP) is 0.957. The van der Waals surface area contributed by atoms with Crippen molar-refractivity contribution in [3.63, 3.8) is 0 Å². The Morgan fingerprint density at radius 2 is 2.42 bits per heavy atom. The molecular formula is C6H7NO3S2. The van der Waals surface area contributed by atoms with Gasteiger partial charge in [0.1, 0.15) is 0 Å². The minimum atomic E-state index is -0.914. The summed E-state index contributed by atoms with van der Waals surface area (Å²) < 4.78 is 0. The van der Waals surface area contributed by atoms with E-state index in [-0.39, 0.29) is 18.2 Å². The van der Waals surface area contributed by atoms with Crippen LogP contribution in [0.2, 0.25) is 0 Å². The highest BCUT2D eigenvalue weighted by Crippen LogP contribution is 2.19. The Morgan fingerprint density at radius 3 is 2.83 bits per heavy atom. The highest BCUT2D eigenvalue weighted by atomic mass is 32.2. The average Bonchev–Trinajstić information content (AvgIpc) is 2.28. The van der Waals surface area contributed by atoms with E-state index in [4.69, 9.17) is 17.3 Å². The number of carbonyl (C=O) groups excluding carboxylic acids is 1. The van der Waals surface area contributed by atoms with Crippen LogP contribution < -0.4 is 0 Å². The highest BCUT2D eigenvalue weighted by molar-refractivity contribution is 8.15. The summed E-state index contributed by atoms with van der Waals surface area (Å²) in [5, 5.41) is 8.22. The molecule has 12 heavy (non-hydrogen) atoms. The molecule has 6 heteroatoms. The quantitative estimate of drug-likeness (QED) is 0.695. The van der Waals surface area contributed by atoms with E-state index in [0.29, 0.717) is 10.7 Å². The summed E-state index contributed by atoms with van der Waals surface area (Å²) >= 11 is 5.98. The van der Waals surface area contributed by atoms with Crippen LogP contribution in [-0.4, -0.2) is 38.5 Å². The summed E-state index contributed by atoms with van der Waals surface area (Å²) in [6.07, 6.45) is -0.0492. The third-order valence-electron chi connectivity index (χ3n) is 1.39. The van der Waals surface area contributed by atoms with Gasteiger partial charge in [0.05, 0.1) is 17.2 Å². The van der Waals surface area contributed by atoms with Crippen molar-refractivity contribution >= 4 is 40.2 Å². The van der Waals surface area contributed by atoms with Crippen LogP contribution in [-0.2, 0) is 4.79 Å². The van der Waals surface area contributed by atoms with Crippen molar-refractivity contribution in [3.05, 3.63) is 0 Å². The minimum Gasteiger partial charge on any atom is -0.481 e. The monoisotopic (exact) mass is 205 g/mol. The van der Waals surface area contributed by atoms with Crippen molar-refractivity contribution in [2.75, 3.05) is 12.3 Å². The molecule has 0 aromatic carbocycles. The lowest BCUT2D eigenvalue weighted by Gasteiger charge is -2.12. The summed E-state index contributed by atoms with van der Waals surface area (Å²) in [5.74, 6) is -0.407. The van der Waals surface area contributed by atoms with E-state index in [1.54, 1.807) is 0 Å². The van der Waals surface area contributed by atoms with Gasteiger partial charge in [-0.25, -0.2) is 0 Å². The first-order valence-corrected chi connectivity index (χ1v) is 4.69. The molecule has 0 unspecified atom stereocenters. The topological polar surface area (TPSA) is 57.6 Å². The standard InChI is InChI=1S/C6H7NO3S2/c8-5(9)1-2-7-4(11)3-12-6(7)10/h1-3H2,(H,8,9). The summed E-state index contributed by atoms with van der Waals surface area (Å²) in [6.45, 7) is 0.194. The maximum atomic E-state index is 11.0. The van der Waals surface area contributed by atoms with Crippen LogP contribution in [0.25, 0.3) is 0 Å². The molecule has 0 saturated carbocycles. The molecule has 1 aliphatic heterocycles. The smallest absolute Gasteiger partial charge is 0.305 e. The number of nitrogens with zero attached hydrogens (tertiary/aromatic N) is 1. The van der Waals surface area contributed by atoms with Crippen molar-refractivity contribution in [1.82, 2.24) is 4.90 Å². The lowest BCUT2D eigenvalue weighted by Crippen LogP contribution is -2.29. The highest BCUT2D eigenvalue weighted by Gasteiger charge is 2.26. The van der Waals surface area contributed by atoms with Crippen LogP contribution in [0.1, 0.15) is 6.42 Å². The molecule has 1 saturated heterocycles. The zero-order chi connectivity index (χ0) is 9.14. The Kier molecular flexibility index (Phi) is 3.05. The van der Waals surface area contributed by atoms with E-state index in [1.165, 1.54) is 4.90 Å². The number of carbonyl (C=O) groups is 2. The Hall–Kier alpha value is -0.620. The van der Waals surface area contributed by atoms with E-state index in [1.807, 2.05) is 0 Å².